The molecule has 5 heteroatoms. The molecule has 0 aliphatic carbocycles. The standard InChI is InChI=1S/C12H17NO3S/c1-5-12(16-4)13-17(14,15)11-8-9(2)6-7-10(11)3/h6-8H,5H2,1-4H3/b13-12+. The van der Waals surface area contributed by atoms with Gasteiger partial charge in [-0.3, -0.25) is 0 Å². The van der Waals surface area contributed by atoms with Gasteiger partial charge in [-0.25, -0.2) is 0 Å². The maximum atomic E-state index is 12.1. The van der Waals surface area contributed by atoms with E-state index in [1.54, 1.807) is 26.0 Å². The molecule has 17 heavy (non-hydrogen) atoms. The van der Waals surface area contributed by atoms with Gasteiger partial charge >= 0.3 is 0 Å². The van der Waals surface area contributed by atoms with Gasteiger partial charge in [-0.15, -0.1) is 4.40 Å². The third-order valence-electron chi connectivity index (χ3n) is 2.38. The van der Waals surface area contributed by atoms with Crippen LogP contribution in [0.4, 0.5) is 0 Å². The minimum absolute atomic E-state index is 0.214. The van der Waals surface area contributed by atoms with E-state index >= 15 is 0 Å². The van der Waals surface area contributed by atoms with Crippen molar-refractivity contribution in [3.8, 4) is 0 Å². The molecular weight excluding hydrogens is 238 g/mol. The summed E-state index contributed by atoms with van der Waals surface area (Å²) in [5, 5.41) is 0. The van der Waals surface area contributed by atoms with Gasteiger partial charge in [0.15, 0.2) is 5.90 Å². The molecule has 0 atom stereocenters. The molecule has 1 aromatic rings. The second-order valence-corrected chi connectivity index (χ2v) is 5.36. The van der Waals surface area contributed by atoms with E-state index in [1.165, 1.54) is 7.11 Å². The Labute approximate surface area is 102 Å². The SMILES string of the molecule is CC/C(=N\S(=O)(=O)c1cc(C)ccc1C)OC. The number of nitrogens with zero attached hydrogens (tertiary/aromatic N) is 1. The Morgan fingerprint density at radius 1 is 1.35 bits per heavy atom. The third kappa shape index (κ3) is 3.30. The smallest absolute Gasteiger partial charge is 0.285 e. The lowest BCUT2D eigenvalue weighted by molar-refractivity contribution is 0.393. The highest BCUT2D eigenvalue weighted by atomic mass is 32.2. The lowest BCUT2D eigenvalue weighted by atomic mass is 10.2. The molecule has 1 aromatic carbocycles. The van der Waals surface area contributed by atoms with Gasteiger partial charge in [-0.2, -0.15) is 8.42 Å². The van der Waals surface area contributed by atoms with E-state index in [1.807, 2.05) is 13.0 Å². The fourth-order valence-electron chi connectivity index (χ4n) is 1.41. The topological polar surface area (TPSA) is 55.7 Å². The largest absolute Gasteiger partial charge is 0.484 e. The van der Waals surface area contributed by atoms with Crippen LogP contribution >= 0.6 is 0 Å². The average molecular weight is 255 g/mol. The van der Waals surface area contributed by atoms with Crippen LogP contribution < -0.4 is 0 Å². The zero-order valence-electron chi connectivity index (χ0n) is 10.5. The van der Waals surface area contributed by atoms with Crippen molar-refractivity contribution in [3.63, 3.8) is 0 Å². The monoisotopic (exact) mass is 255 g/mol. The van der Waals surface area contributed by atoms with Crippen molar-refractivity contribution >= 4 is 15.9 Å². The number of ether oxygens (including phenoxy) is 1. The second kappa shape index (κ2) is 5.31. The number of aryl methyl sites for hydroxylation is 2. The van der Waals surface area contributed by atoms with E-state index in [0.29, 0.717) is 12.0 Å². The van der Waals surface area contributed by atoms with Crippen molar-refractivity contribution in [2.75, 3.05) is 7.11 Å². The van der Waals surface area contributed by atoms with Gasteiger partial charge in [0.1, 0.15) is 0 Å². The summed E-state index contributed by atoms with van der Waals surface area (Å²) in [6.07, 6.45) is 0.445. The maximum absolute atomic E-state index is 12.1. The van der Waals surface area contributed by atoms with Crippen molar-refractivity contribution in [2.24, 2.45) is 4.40 Å². The van der Waals surface area contributed by atoms with Crippen molar-refractivity contribution < 1.29 is 13.2 Å². The highest BCUT2D eigenvalue weighted by molar-refractivity contribution is 7.90. The highest BCUT2D eigenvalue weighted by Crippen LogP contribution is 2.19. The number of hydrogen-bond donors (Lipinski definition) is 0. The van der Waals surface area contributed by atoms with Gasteiger partial charge in [-0.1, -0.05) is 19.1 Å². The number of methoxy groups -OCH3 is 1. The summed E-state index contributed by atoms with van der Waals surface area (Å²) in [5.41, 5.74) is 1.57. The molecular formula is C12H17NO3S. The fraction of sp³-hybridized carbons (Fsp3) is 0.417. The van der Waals surface area contributed by atoms with Crippen LogP contribution in [-0.2, 0) is 14.8 Å². The van der Waals surface area contributed by atoms with Crippen LogP contribution in [0.1, 0.15) is 24.5 Å². The van der Waals surface area contributed by atoms with Crippen LogP contribution in [0, 0.1) is 13.8 Å². The van der Waals surface area contributed by atoms with Crippen molar-refractivity contribution in [1.82, 2.24) is 0 Å². The van der Waals surface area contributed by atoms with Crippen LogP contribution in [0.2, 0.25) is 0 Å². The quantitative estimate of drug-likeness (QED) is 0.615. The lowest BCUT2D eigenvalue weighted by Gasteiger charge is -2.06. The number of benzene rings is 1. The highest BCUT2D eigenvalue weighted by Gasteiger charge is 2.17. The Kier molecular flexibility index (Phi) is 4.28. The molecule has 4 nitrogen and oxygen atoms in total. The molecule has 0 radical (unpaired) electrons. The molecule has 0 aromatic heterocycles. The fourth-order valence-corrected chi connectivity index (χ4v) is 2.79. The zero-order chi connectivity index (χ0) is 13.1. The number of hydrogen-bond acceptors (Lipinski definition) is 3. The van der Waals surface area contributed by atoms with E-state index < -0.39 is 10.0 Å². The van der Waals surface area contributed by atoms with Gasteiger partial charge in [0, 0.05) is 6.42 Å². The van der Waals surface area contributed by atoms with Gasteiger partial charge in [0.25, 0.3) is 10.0 Å². The third-order valence-corrected chi connectivity index (χ3v) is 3.82. The predicted octanol–water partition coefficient (Wildman–Crippen LogP) is 2.45. The van der Waals surface area contributed by atoms with Crippen LogP contribution in [-0.4, -0.2) is 21.4 Å². The zero-order valence-corrected chi connectivity index (χ0v) is 11.3. The van der Waals surface area contributed by atoms with Crippen LogP contribution in [0.25, 0.3) is 0 Å². The molecule has 0 aliphatic rings. The Morgan fingerprint density at radius 2 is 2.00 bits per heavy atom. The molecule has 94 valence electrons. The molecule has 0 amide bonds. The molecule has 0 N–H and O–H groups in total. The molecule has 0 saturated heterocycles. The van der Waals surface area contributed by atoms with E-state index in [-0.39, 0.29) is 10.8 Å². The summed E-state index contributed by atoms with van der Waals surface area (Å²) in [6.45, 7) is 5.39. The van der Waals surface area contributed by atoms with Gasteiger partial charge < -0.3 is 4.74 Å². The molecule has 0 unspecified atom stereocenters. The summed E-state index contributed by atoms with van der Waals surface area (Å²) >= 11 is 0. The molecule has 0 aliphatic heterocycles. The Hall–Kier alpha value is -1.36. The summed E-state index contributed by atoms with van der Waals surface area (Å²) in [7, 11) is -2.26. The number of rotatable bonds is 3. The minimum atomic E-state index is -3.67. The Balaban J connectivity index is 3.31. The van der Waals surface area contributed by atoms with E-state index in [2.05, 4.69) is 4.40 Å². The van der Waals surface area contributed by atoms with Gasteiger partial charge in [0.2, 0.25) is 0 Å². The summed E-state index contributed by atoms with van der Waals surface area (Å²) in [5.74, 6) is 0.214. The molecule has 0 saturated carbocycles. The lowest BCUT2D eigenvalue weighted by Crippen LogP contribution is -2.07. The van der Waals surface area contributed by atoms with E-state index in [4.69, 9.17) is 4.74 Å². The Bertz CT molecular complexity index is 527. The van der Waals surface area contributed by atoms with Crippen LogP contribution in [0.15, 0.2) is 27.5 Å². The summed E-state index contributed by atoms with van der Waals surface area (Å²) < 4.78 is 32.7. The normalized spacial score (nSPS) is 12.6. The van der Waals surface area contributed by atoms with Crippen molar-refractivity contribution in [2.45, 2.75) is 32.1 Å². The first-order valence-corrected chi connectivity index (χ1v) is 6.79. The molecule has 0 spiro atoms. The van der Waals surface area contributed by atoms with Crippen molar-refractivity contribution in [1.29, 1.82) is 0 Å². The van der Waals surface area contributed by atoms with Gasteiger partial charge in [0.05, 0.1) is 12.0 Å². The summed E-state index contributed by atoms with van der Waals surface area (Å²) in [4.78, 5) is 0.237. The maximum Gasteiger partial charge on any atom is 0.285 e. The van der Waals surface area contributed by atoms with Crippen molar-refractivity contribution in [3.05, 3.63) is 29.3 Å². The first-order chi connectivity index (χ1) is 7.90. The second-order valence-electron chi connectivity index (χ2n) is 3.79. The predicted molar refractivity (Wildman–Crippen MR) is 67.8 cm³/mol. The first-order valence-electron chi connectivity index (χ1n) is 5.35. The van der Waals surface area contributed by atoms with Crippen LogP contribution in [0.3, 0.4) is 0 Å². The molecule has 0 heterocycles. The minimum Gasteiger partial charge on any atom is -0.484 e. The number of sulfonamides is 1. The van der Waals surface area contributed by atoms with E-state index in [9.17, 15) is 8.42 Å². The summed E-state index contributed by atoms with van der Waals surface area (Å²) in [6, 6.07) is 5.27. The molecule has 0 bridgehead atoms. The van der Waals surface area contributed by atoms with E-state index in [0.717, 1.165) is 5.56 Å². The average Bonchev–Trinajstić information content (AvgIpc) is 2.29. The molecule has 1 rings (SSSR count). The van der Waals surface area contributed by atoms with Gasteiger partial charge in [-0.05, 0) is 31.0 Å². The first kappa shape index (κ1) is 13.7. The Morgan fingerprint density at radius 3 is 2.53 bits per heavy atom. The van der Waals surface area contributed by atoms with Crippen LogP contribution in [0.5, 0.6) is 0 Å². The molecule has 0 fully saturated rings.